The topological polar surface area (TPSA) is 46.5 Å². The minimum Gasteiger partial charge on any atom is -0.466 e. The highest BCUT2D eigenvalue weighted by Crippen LogP contribution is 2.69. The SMILES string of the molecule is CC.CC12CC3C(CC1CCC2CCCC(=O)OCCCC1CCC2C4CCC5CCCCC5(C)C4CCC12C)C(O)CC1CCCCC13C. The Morgan fingerprint density at radius 1 is 0.600 bits per heavy atom. The molecule has 50 heavy (non-hydrogen) atoms. The Bertz CT molecular complexity index is 1170. The van der Waals surface area contributed by atoms with Gasteiger partial charge in [-0.1, -0.05) is 67.2 Å². The van der Waals surface area contributed by atoms with Gasteiger partial charge in [0.25, 0.3) is 0 Å². The van der Waals surface area contributed by atoms with E-state index in [1.807, 2.05) is 13.8 Å². The maximum absolute atomic E-state index is 12.9. The first-order valence-electron chi connectivity index (χ1n) is 22.9. The first kappa shape index (κ1) is 37.7. The lowest BCUT2D eigenvalue weighted by atomic mass is 9.44. The van der Waals surface area contributed by atoms with Crippen LogP contribution in [0.15, 0.2) is 0 Å². The number of aliphatic hydroxyl groups is 1. The molecule has 15 unspecified atom stereocenters. The third-order valence-corrected chi connectivity index (χ3v) is 19.5. The van der Waals surface area contributed by atoms with Crippen LogP contribution in [-0.4, -0.2) is 23.8 Å². The van der Waals surface area contributed by atoms with Crippen LogP contribution in [-0.2, 0) is 9.53 Å². The van der Waals surface area contributed by atoms with Crippen molar-refractivity contribution in [3.05, 3.63) is 0 Å². The summed E-state index contributed by atoms with van der Waals surface area (Å²) < 4.78 is 5.91. The number of carbonyl (C=O) groups is 1. The summed E-state index contributed by atoms with van der Waals surface area (Å²) in [5.41, 5.74) is 2.01. The number of hydrogen-bond donors (Lipinski definition) is 1. The maximum Gasteiger partial charge on any atom is 0.305 e. The molecule has 1 N–H and O–H groups in total. The minimum atomic E-state index is -0.0672. The molecule has 0 radical (unpaired) electrons. The van der Waals surface area contributed by atoms with Crippen molar-refractivity contribution in [3.8, 4) is 0 Å². The molecule has 0 heterocycles. The largest absolute Gasteiger partial charge is 0.466 e. The Morgan fingerprint density at radius 3 is 2.00 bits per heavy atom. The molecule has 0 spiro atoms. The van der Waals surface area contributed by atoms with Gasteiger partial charge in [0, 0.05) is 6.42 Å². The van der Waals surface area contributed by atoms with E-state index >= 15 is 0 Å². The minimum absolute atomic E-state index is 0.0554. The first-order valence-corrected chi connectivity index (χ1v) is 22.9. The number of hydrogen-bond acceptors (Lipinski definition) is 3. The predicted molar refractivity (Wildman–Crippen MR) is 206 cm³/mol. The van der Waals surface area contributed by atoms with Gasteiger partial charge < -0.3 is 9.84 Å². The lowest BCUT2D eigenvalue weighted by Crippen LogP contribution is -2.56. The van der Waals surface area contributed by atoms with Crippen molar-refractivity contribution < 1.29 is 14.6 Å². The number of fused-ring (bicyclic) bond motifs is 9. The molecule has 8 rings (SSSR count). The molecule has 8 aliphatic carbocycles. The van der Waals surface area contributed by atoms with Gasteiger partial charge in [0.1, 0.15) is 0 Å². The van der Waals surface area contributed by atoms with Crippen LogP contribution in [0.1, 0.15) is 196 Å². The molecule has 0 bridgehead atoms. The molecular weight excluding hydrogens is 613 g/mol. The Kier molecular flexibility index (Phi) is 11.3. The van der Waals surface area contributed by atoms with Crippen LogP contribution in [0.5, 0.6) is 0 Å². The third kappa shape index (κ3) is 6.40. The van der Waals surface area contributed by atoms with E-state index in [0.717, 1.165) is 66.6 Å². The molecule has 0 saturated heterocycles. The maximum atomic E-state index is 12.9. The molecule has 0 aliphatic heterocycles. The lowest BCUT2D eigenvalue weighted by molar-refractivity contribution is -0.153. The van der Waals surface area contributed by atoms with Gasteiger partial charge in [0.05, 0.1) is 12.7 Å². The van der Waals surface area contributed by atoms with Gasteiger partial charge in [-0.15, -0.1) is 0 Å². The van der Waals surface area contributed by atoms with Gasteiger partial charge >= 0.3 is 5.97 Å². The summed E-state index contributed by atoms with van der Waals surface area (Å²) in [6.07, 6.45) is 31.6. The molecule has 0 amide bonds. The number of esters is 1. The van der Waals surface area contributed by atoms with Gasteiger partial charge in [-0.25, -0.2) is 0 Å². The van der Waals surface area contributed by atoms with E-state index < -0.39 is 0 Å². The van der Waals surface area contributed by atoms with Crippen LogP contribution < -0.4 is 0 Å². The Morgan fingerprint density at radius 2 is 1.22 bits per heavy atom. The van der Waals surface area contributed by atoms with Crippen LogP contribution in [0.4, 0.5) is 0 Å². The molecule has 286 valence electrons. The zero-order valence-electron chi connectivity index (χ0n) is 33.8. The summed E-state index contributed by atoms with van der Waals surface area (Å²) in [5.74, 6) is 8.30. The number of carbonyl (C=O) groups excluding carboxylic acids is 1. The summed E-state index contributed by atoms with van der Waals surface area (Å²) in [4.78, 5) is 12.9. The molecular formula is C47H80O3. The van der Waals surface area contributed by atoms with E-state index in [4.69, 9.17) is 4.74 Å². The van der Waals surface area contributed by atoms with Crippen molar-refractivity contribution in [3.63, 3.8) is 0 Å². The lowest BCUT2D eigenvalue weighted by Gasteiger charge is -2.61. The predicted octanol–water partition coefficient (Wildman–Crippen LogP) is 12.6. The highest BCUT2D eigenvalue weighted by atomic mass is 16.5. The summed E-state index contributed by atoms with van der Waals surface area (Å²) >= 11 is 0. The van der Waals surface area contributed by atoms with Gasteiger partial charge in [0.2, 0.25) is 0 Å². The van der Waals surface area contributed by atoms with Crippen LogP contribution in [0.3, 0.4) is 0 Å². The number of rotatable bonds is 8. The second-order valence-electron chi connectivity index (χ2n) is 20.9. The zero-order chi connectivity index (χ0) is 35.3. The molecule has 8 aliphatic rings. The fourth-order valence-corrected chi connectivity index (χ4v) is 16.6. The molecule has 0 aromatic rings. The van der Waals surface area contributed by atoms with Gasteiger partial charge in [0.15, 0.2) is 0 Å². The monoisotopic (exact) mass is 693 g/mol. The first-order chi connectivity index (χ1) is 24.1. The van der Waals surface area contributed by atoms with E-state index in [2.05, 4.69) is 27.7 Å². The number of ether oxygens (including phenoxy) is 1. The van der Waals surface area contributed by atoms with E-state index in [0.29, 0.717) is 46.5 Å². The quantitative estimate of drug-likeness (QED) is 0.203. The van der Waals surface area contributed by atoms with E-state index in [-0.39, 0.29) is 12.1 Å². The van der Waals surface area contributed by atoms with Crippen LogP contribution in [0.25, 0.3) is 0 Å². The molecule has 0 aromatic carbocycles. The fourth-order valence-electron chi connectivity index (χ4n) is 16.6. The van der Waals surface area contributed by atoms with E-state index in [9.17, 15) is 9.90 Å². The fraction of sp³-hybridized carbons (Fsp3) is 0.979. The van der Waals surface area contributed by atoms with Crippen molar-refractivity contribution in [1.29, 1.82) is 0 Å². The van der Waals surface area contributed by atoms with E-state index in [1.165, 1.54) is 128 Å². The van der Waals surface area contributed by atoms with Gasteiger partial charge in [-0.05, 0) is 203 Å². The number of aliphatic hydroxyl groups excluding tert-OH is 1. The second-order valence-corrected chi connectivity index (χ2v) is 20.9. The smallest absolute Gasteiger partial charge is 0.305 e. The third-order valence-electron chi connectivity index (χ3n) is 19.5. The molecule has 3 heteroatoms. The molecule has 3 nitrogen and oxygen atoms in total. The van der Waals surface area contributed by atoms with E-state index in [1.54, 1.807) is 0 Å². The van der Waals surface area contributed by atoms with Crippen molar-refractivity contribution >= 4 is 5.97 Å². The standard InChI is InChI=1S/C45H74O3.C2H6/c1-42-23-7-5-11-30(42)18-20-35-37-21-19-31(44(37,3)25-22-38(35)42)14-10-26-48-41(47)15-9-13-32-16-17-34-27-36-39(29-45(32,34)4)43(2)24-8-6-12-33(43)28-40(36)46;1-2/h30-40,46H,5-29H2,1-4H3;1-2H3. The average Bonchev–Trinajstić information content (AvgIpc) is 3.62. The Hall–Kier alpha value is -0.570. The average molecular weight is 693 g/mol. The van der Waals surface area contributed by atoms with Crippen LogP contribution in [0.2, 0.25) is 0 Å². The Balaban J connectivity index is 0.00000193. The van der Waals surface area contributed by atoms with Crippen molar-refractivity contribution in [2.75, 3.05) is 6.61 Å². The molecule has 8 saturated carbocycles. The highest BCUT2D eigenvalue weighted by molar-refractivity contribution is 5.69. The van der Waals surface area contributed by atoms with Crippen molar-refractivity contribution in [2.45, 2.75) is 202 Å². The molecule has 8 fully saturated rings. The van der Waals surface area contributed by atoms with Crippen LogP contribution >= 0.6 is 0 Å². The Labute approximate surface area is 309 Å². The van der Waals surface area contributed by atoms with Crippen LogP contribution in [0, 0.1) is 80.8 Å². The molecule has 15 atom stereocenters. The van der Waals surface area contributed by atoms with Crippen molar-refractivity contribution in [1.82, 2.24) is 0 Å². The summed E-state index contributed by atoms with van der Waals surface area (Å²) in [6.45, 7) is 15.3. The molecule has 0 aromatic heterocycles. The highest BCUT2D eigenvalue weighted by Gasteiger charge is 2.61. The van der Waals surface area contributed by atoms with Gasteiger partial charge in [-0.3, -0.25) is 4.79 Å². The summed E-state index contributed by atoms with van der Waals surface area (Å²) in [7, 11) is 0. The zero-order valence-corrected chi connectivity index (χ0v) is 33.8. The normalized spacial score (nSPS) is 50.7. The van der Waals surface area contributed by atoms with Crippen molar-refractivity contribution in [2.24, 2.45) is 80.8 Å². The summed E-state index contributed by atoms with van der Waals surface area (Å²) in [5, 5.41) is 11.3. The summed E-state index contributed by atoms with van der Waals surface area (Å²) in [6, 6.07) is 0. The second kappa shape index (κ2) is 14.9. The van der Waals surface area contributed by atoms with Gasteiger partial charge in [-0.2, -0.15) is 0 Å².